The minimum absolute atomic E-state index is 0.191. The van der Waals surface area contributed by atoms with Crippen molar-refractivity contribution in [2.45, 2.75) is 51.7 Å². The van der Waals surface area contributed by atoms with Crippen LogP contribution in [-0.4, -0.2) is 41.1 Å². The number of fused-ring (bicyclic) bond motifs is 1. The van der Waals surface area contributed by atoms with Crippen LogP contribution in [0.4, 0.5) is 0 Å². The molecule has 1 atom stereocenters. The van der Waals surface area contributed by atoms with Gasteiger partial charge in [0.15, 0.2) is 0 Å². The van der Waals surface area contributed by atoms with Crippen molar-refractivity contribution in [2.75, 3.05) is 13.1 Å². The van der Waals surface area contributed by atoms with Crippen molar-refractivity contribution < 1.29 is 9.90 Å². The van der Waals surface area contributed by atoms with E-state index in [-0.39, 0.29) is 6.04 Å². The second kappa shape index (κ2) is 7.57. The SMILES string of the molecule is CC(C)NC(CCN1CCCc2ccccc2C1)C(=O)O. The van der Waals surface area contributed by atoms with Crippen LogP contribution in [0.15, 0.2) is 24.3 Å². The van der Waals surface area contributed by atoms with Gasteiger partial charge in [0.1, 0.15) is 6.04 Å². The lowest BCUT2D eigenvalue weighted by Crippen LogP contribution is -2.43. The number of carbonyl (C=O) groups is 1. The zero-order valence-corrected chi connectivity index (χ0v) is 13.0. The van der Waals surface area contributed by atoms with Crippen LogP contribution in [0.1, 0.15) is 37.8 Å². The monoisotopic (exact) mass is 290 g/mol. The Bertz CT molecular complexity index is 474. The number of carboxylic acid groups (broad SMARTS) is 1. The molecule has 1 aliphatic heterocycles. The van der Waals surface area contributed by atoms with Gasteiger partial charge in [0.2, 0.25) is 0 Å². The number of carboxylic acids is 1. The smallest absolute Gasteiger partial charge is 0.320 e. The van der Waals surface area contributed by atoms with Gasteiger partial charge in [0.05, 0.1) is 0 Å². The first-order valence-corrected chi connectivity index (χ1v) is 7.84. The number of nitrogens with zero attached hydrogens (tertiary/aromatic N) is 1. The van der Waals surface area contributed by atoms with Gasteiger partial charge >= 0.3 is 5.97 Å². The lowest BCUT2D eigenvalue weighted by atomic mass is 10.0. The van der Waals surface area contributed by atoms with Crippen LogP contribution < -0.4 is 5.32 Å². The van der Waals surface area contributed by atoms with E-state index in [0.29, 0.717) is 6.42 Å². The summed E-state index contributed by atoms with van der Waals surface area (Å²) >= 11 is 0. The average Bonchev–Trinajstić information content (AvgIpc) is 2.64. The van der Waals surface area contributed by atoms with E-state index in [1.807, 2.05) is 13.8 Å². The molecule has 0 bridgehead atoms. The molecule has 0 radical (unpaired) electrons. The van der Waals surface area contributed by atoms with Crippen LogP contribution in [0.5, 0.6) is 0 Å². The molecule has 4 heteroatoms. The highest BCUT2D eigenvalue weighted by atomic mass is 16.4. The summed E-state index contributed by atoms with van der Waals surface area (Å²) in [7, 11) is 0. The molecule has 0 aromatic heterocycles. The highest BCUT2D eigenvalue weighted by Gasteiger charge is 2.20. The van der Waals surface area contributed by atoms with Crippen LogP contribution in [0.25, 0.3) is 0 Å². The Balaban J connectivity index is 1.92. The molecule has 1 aromatic rings. The summed E-state index contributed by atoms with van der Waals surface area (Å²) in [5.74, 6) is -0.751. The van der Waals surface area contributed by atoms with Crippen molar-refractivity contribution in [1.82, 2.24) is 10.2 Å². The molecule has 1 unspecified atom stereocenters. The number of hydrogen-bond donors (Lipinski definition) is 2. The molecule has 4 nitrogen and oxygen atoms in total. The predicted octanol–water partition coefficient (Wildman–Crippen LogP) is 2.28. The largest absolute Gasteiger partial charge is 0.480 e. The zero-order valence-electron chi connectivity index (χ0n) is 13.0. The molecule has 2 rings (SSSR count). The molecule has 116 valence electrons. The number of nitrogens with one attached hydrogen (secondary N) is 1. The molecule has 0 spiro atoms. The second-order valence-corrected chi connectivity index (χ2v) is 6.15. The van der Waals surface area contributed by atoms with Gasteiger partial charge in [-0.1, -0.05) is 38.1 Å². The number of rotatable bonds is 6. The highest BCUT2D eigenvalue weighted by molar-refractivity contribution is 5.73. The zero-order chi connectivity index (χ0) is 15.2. The van der Waals surface area contributed by atoms with Crippen molar-refractivity contribution in [3.05, 3.63) is 35.4 Å². The number of aryl methyl sites for hydroxylation is 1. The maximum atomic E-state index is 11.3. The maximum Gasteiger partial charge on any atom is 0.320 e. The Labute approximate surface area is 127 Å². The third kappa shape index (κ3) is 4.83. The first kappa shape index (κ1) is 16.0. The molecule has 21 heavy (non-hydrogen) atoms. The normalized spacial score (nSPS) is 17.3. The molecule has 2 N–H and O–H groups in total. The Kier molecular flexibility index (Phi) is 5.76. The molecule has 0 saturated carbocycles. The summed E-state index contributed by atoms with van der Waals surface area (Å²) in [4.78, 5) is 13.7. The average molecular weight is 290 g/mol. The molecular weight excluding hydrogens is 264 g/mol. The third-order valence-corrected chi connectivity index (χ3v) is 4.00. The van der Waals surface area contributed by atoms with Crippen molar-refractivity contribution in [3.8, 4) is 0 Å². The van der Waals surface area contributed by atoms with E-state index in [1.54, 1.807) is 0 Å². The van der Waals surface area contributed by atoms with Crippen LogP contribution in [0, 0.1) is 0 Å². The quantitative estimate of drug-likeness (QED) is 0.844. The first-order chi connectivity index (χ1) is 10.1. The topological polar surface area (TPSA) is 52.6 Å². The molecule has 0 aliphatic carbocycles. The molecule has 1 aromatic carbocycles. The minimum Gasteiger partial charge on any atom is -0.480 e. The predicted molar refractivity (Wildman–Crippen MR) is 84.4 cm³/mol. The van der Waals surface area contributed by atoms with Gasteiger partial charge in [-0.25, -0.2) is 0 Å². The third-order valence-electron chi connectivity index (χ3n) is 4.00. The van der Waals surface area contributed by atoms with E-state index < -0.39 is 12.0 Å². The molecular formula is C17H26N2O2. The van der Waals surface area contributed by atoms with Gasteiger partial charge in [0.25, 0.3) is 0 Å². The number of aliphatic carboxylic acids is 1. The molecule has 0 saturated heterocycles. The van der Waals surface area contributed by atoms with Crippen molar-refractivity contribution in [3.63, 3.8) is 0 Å². The first-order valence-electron chi connectivity index (χ1n) is 7.84. The van der Waals surface area contributed by atoms with Crippen LogP contribution in [0.2, 0.25) is 0 Å². The lowest BCUT2D eigenvalue weighted by molar-refractivity contribution is -0.140. The van der Waals surface area contributed by atoms with Crippen LogP contribution in [0.3, 0.4) is 0 Å². The van der Waals surface area contributed by atoms with E-state index in [2.05, 4.69) is 34.5 Å². The minimum atomic E-state index is -0.751. The summed E-state index contributed by atoms with van der Waals surface area (Å²) in [6, 6.07) is 8.32. The summed E-state index contributed by atoms with van der Waals surface area (Å²) in [5, 5.41) is 12.4. The highest BCUT2D eigenvalue weighted by Crippen LogP contribution is 2.18. The molecule has 0 amide bonds. The Morgan fingerprint density at radius 3 is 2.71 bits per heavy atom. The van der Waals surface area contributed by atoms with Gasteiger partial charge < -0.3 is 10.4 Å². The van der Waals surface area contributed by atoms with Crippen LogP contribution >= 0.6 is 0 Å². The Hall–Kier alpha value is -1.39. The fraction of sp³-hybridized carbons (Fsp3) is 0.588. The summed E-state index contributed by atoms with van der Waals surface area (Å²) in [6.45, 7) is 6.77. The van der Waals surface area contributed by atoms with E-state index in [4.69, 9.17) is 0 Å². The lowest BCUT2D eigenvalue weighted by Gasteiger charge is -2.24. The Morgan fingerprint density at radius 1 is 1.33 bits per heavy atom. The fourth-order valence-electron chi connectivity index (χ4n) is 2.95. The van der Waals surface area contributed by atoms with E-state index in [0.717, 1.165) is 32.5 Å². The van der Waals surface area contributed by atoms with Crippen molar-refractivity contribution in [2.24, 2.45) is 0 Å². The van der Waals surface area contributed by atoms with Crippen molar-refractivity contribution in [1.29, 1.82) is 0 Å². The van der Waals surface area contributed by atoms with E-state index in [1.165, 1.54) is 11.1 Å². The second-order valence-electron chi connectivity index (χ2n) is 6.15. The Morgan fingerprint density at radius 2 is 2.05 bits per heavy atom. The molecule has 0 fully saturated rings. The molecule has 1 aliphatic rings. The maximum absolute atomic E-state index is 11.3. The van der Waals surface area contributed by atoms with E-state index >= 15 is 0 Å². The van der Waals surface area contributed by atoms with Gasteiger partial charge in [-0.05, 0) is 36.9 Å². The fourth-order valence-corrected chi connectivity index (χ4v) is 2.95. The van der Waals surface area contributed by atoms with Gasteiger partial charge in [-0.15, -0.1) is 0 Å². The van der Waals surface area contributed by atoms with Crippen molar-refractivity contribution >= 4 is 5.97 Å². The van der Waals surface area contributed by atoms with Gasteiger partial charge in [-0.2, -0.15) is 0 Å². The summed E-state index contributed by atoms with van der Waals surface area (Å²) in [6.07, 6.45) is 2.92. The molecule has 1 heterocycles. The summed E-state index contributed by atoms with van der Waals surface area (Å²) < 4.78 is 0. The number of benzene rings is 1. The van der Waals surface area contributed by atoms with Crippen LogP contribution in [-0.2, 0) is 17.8 Å². The van der Waals surface area contributed by atoms with E-state index in [9.17, 15) is 9.90 Å². The number of hydrogen-bond acceptors (Lipinski definition) is 3. The van der Waals surface area contributed by atoms with Gasteiger partial charge in [0, 0.05) is 19.1 Å². The standard InChI is InChI=1S/C17H26N2O2/c1-13(2)18-16(17(20)21)9-11-19-10-5-8-14-6-3-4-7-15(14)12-19/h3-4,6-7,13,16,18H,5,8-12H2,1-2H3,(H,20,21). The van der Waals surface area contributed by atoms with Gasteiger partial charge in [-0.3, -0.25) is 9.69 Å². The summed E-state index contributed by atoms with van der Waals surface area (Å²) in [5.41, 5.74) is 2.83.